The number of anilines is 1. The van der Waals surface area contributed by atoms with Gasteiger partial charge in [0.2, 0.25) is 0 Å². The van der Waals surface area contributed by atoms with Gasteiger partial charge in [0.05, 0.1) is 5.56 Å². The number of aromatic nitrogens is 5. The maximum atomic E-state index is 14.3. The molecule has 0 saturated carbocycles. The highest BCUT2D eigenvalue weighted by Gasteiger charge is 2.42. The Labute approximate surface area is 183 Å². The second kappa shape index (κ2) is 8.56. The number of hydrogen-bond donors (Lipinski definition) is 1. The lowest BCUT2D eigenvalue weighted by atomic mass is 10.0. The van der Waals surface area contributed by atoms with Crippen LogP contribution >= 0.6 is 0 Å². The summed E-state index contributed by atoms with van der Waals surface area (Å²) in [7, 11) is 0. The molecular formula is C20H16F5N7O. The molecule has 2 N–H and O–H groups in total. The molecule has 2 aromatic heterocycles. The van der Waals surface area contributed by atoms with Gasteiger partial charge >= 0.3 is 12.1 Å². The lowest BCUT2D eigenvalue weighted by Gasteiger charge is -2.21. The highest BCUT2D eigenvalue weighted by molar-refractivity contribution is 5.82. The van der Waals surface area contributed by atoms with Crippen molar-refractivity contribution in [3.8, 4) is 17.1 Å². The van der Waals surface area contributed by atoms with Gasteiger partial charge in [-0.3, -0.25) is 4.79 Å². The summed E-state index contributed by atoms with van der Waals surface area (Å²) in [6, 6.07) is 5.09. The van der Waals surface area contributed by atoms with E-state index in [1.54, 1.807) is 12.1 Å². The minimum Gasteiger partial charge on any atom is -0.383 e. The fourth-order valence-corrected chi connectivity index (χ4v) is 3.51. The number of halogens is 5. The summed E-state index contributed by atoms with van der Waals surface area (Å²) >= 11 is 0. The van der Waals surface area contributed by atoms with Crippen LogP contribution in [0.25, 0.3) is 22.6 Å². The SMILES string of the molecule is Nc1ncc(C2=CCCN(C(=O)C(F)(F)F)CC2)cc1-c1nnnn1-c1cccc(F)c1F. The number of tetrazole rings is 1. The molecule has 0 aliphatic carbocycles. The molecule has 1 aromatic carbocycles. The van der Waals surface area contributed by atoms with Gasteiger partial charge < -0.3 is 10.6 Å². The van der Waals surface area contributed by atoms with Crippen LogP contribution in [0.2, 0.25) is 0 Å². The van der Waals surface area contributed by atoms with E-state index >= 15 is 0 Å². The average molecular weight is 465 g/mol. The van der Waals surface area contributed by atoms with Gasteiger partial charge in [0.25, 0.3) is 0 Å². The fourth-order valence-electron chi connectivity index (χ4n) is 3.51. The summed E-state index contributed by atoms with van der Waals surface area (Å²) in [4.78, 5) is 16.4. The van der Waals surface area contributed by atoms with Crippen molar-refractivity contribution < 1.29 is 26.7 Å². The number of hydrogen-bond acceptors (Lipinski definition) is 6. The molecule has 1 aliphatic heterocycles. The van der Waals surface area contributed by atoms with Crippen LogP contribution in [0.5, 0.6) is 0 Å². The van der Waals surface area contributed by atoms with E-state index in [9.17, 15) is 26.7 Å². The zero-order valence-electron chi connectivity index (χ0n) is 16.9. The predicted octanol–water partition coefficient (Wildman–Crippen LogP) is 3.15. The zero-order valence-corrected chi connectivity index (χ0v) is 16.9. The van der Waals surface area contributed by atoms with Crippen molar-refractivity contribution in [3.05, 3.63) is 53.7 Å². The third-order valence-corrected chi connectivity index (χ3v) is 5.13. The molecule has 0 atom stereocenters. The Balaban J connectivity index is 1.66. The first-order valence-electron chi connectivity index (χ1n) is 9.71. The second-order valence-corrected chi connectivity index (χ2v) is 7.20. The van der Waals surface area contributed by atoms with Gasteiger partial charge in [0.1, 0.15) is 11.5 Å². The predicted molar refractivity (Wildman–Crippen MR) is 107 cm³/mol. The minimum absolute atomic E-state index is 0.00514. The van der Waals surface area contributed by atoms with Crippen LogP contribution in [-0.4, -0.2) is 55.3 Å². The normalized spacial score (nSPS) is 14.7. The fraction of sp³-hybridized carbons (Fsp3) is 0.250. The standard InChI is InChI=1S/C20H16F5N7O/c21-14-4-1-5-15(16(14)22)32-18(28-29-30-32)13-9-12(10-27-17(13)26)11-3-2-7-31(8-6-11)19(33)20(23,24)25/h1,3-5,9-10H,2,6-8H2,(H2,26,27). The zero-order chi connectivity index (χ0) is 23.8. The number of rotatable bonds is 3. The highest BCUT2D eigenvalue weighted by Crippen LogP contribution is 2.31. The van der Waals surface area contributed by atoms with Gasteiger partial charge in [0, 0.05) is 19.3 Å². The van der Waals surface area contributed by atoms with Gasteiger partial charge in [-0.2, -0.15) is 17.9 Å². The highest BCUT2D eigenvalue weighted by atomic mass is 19.4. The Hall–Kier alpha value is -3.90. The Bertz CT molecular complexity index is 1240. The molecule has 0 saturated heterocycles. The summed E-state index contributed by atoms with van der Waals surface area (Å²) in [5.74, 6) is -4.13. The summed E-state index contributed by atoms with van der Waals surface area (Å²) in [5, 5.41) is 11.1. The van der Waals surface area contributed by atoms with Gasteiger partial charge in [-0.15, -0.1) is 5.10 Å². The van der Waals surface area contributed by atoms with Crippen molar-refractivity contribution in [1.82, 2.24) is 30.1 Å². The smallest absolute Gasteiger partial charge is 0.383 e. The number of carbonyl (C=O) groups is 1. The van der Waals surface area contributed by atoms with Crippen molar-refractivity contribution in [2.24, 2.45) is 0 Å². The van der Waals surface area contributed by atoms with Crippen molar-refractivity contribution in [1.29, 1.82) is 0 Å². The first-order valence-corrected chi connectivity index (χ1v) is 9.71. The van der Waals surface area contributed by atoms with Crippen LogP contribution in [0.4, 0.5) is 27.8 Å². The number of carbonyl (C=O) groups excluding carboxylic acids is 1. The van der Waals surface area contributed by atoms with Crippen LogP contribution in [0, 0.1) is 11.6 Å². The Morgan fingerprint density at radius 1 is 1.15 bits per heavy atom. The number of nitrogens with two attached hydrogens (primary N) is 1. The lowest BCUT2D eigenvalue weighted by molar-refractivity contribution is -0.185. The van der Waals surface area contributed by atoms with E-state index < -0.39 is 23.7 Å². The minimum atomic E-state index is -4.94. The van der Waals surface area contributed by atoms with E-state index in [0.29, 0.717) is 11.1 Å². The maximum absolute atomic E-state index is 14.3. The van der Waals surface area contributed by atoms with Crippen LogP contribution < -0.4 is 5.73 Å². The van der Waals surface area contributed by atoms with E-state index in [2.05, 4.69) is 20.5 Å². The summed E-state index contributed by atoms with van der Waals surface area (Å²) in [6.45, 7) is -0.204. The molecule has 3 heterocycles. The summed E-state index contributed by atoms with van der Waals surface area (Å²) < 4.78 is 67.3. The Kier molecular flexibility index (Phi) is 5.78. The molecule has 8 nitrogen and oxygen atoms in total. The van der Waals surface area contributed by atoms with Crippen LogP contribution in [0.3, 0.4) is 0 Å². The number of pyridine rings is 1. The average Bonchev–Trinajstić information content (AvgIpc) is 3.12. The molecule has 33 heavy (non-hydrogen) atoms. The first-order chi connectivity index (χ1) is 15.7. The summed E-state index contributed by atoms with van der Waals surface area (Å²) in [6.07, 6.45) is -1.43. The summed E-state index contributed by atoms with van der Waals surface area (Å²) in [5.41, 5.74) is 7.13. The Morgan fingerprint density at radius 3 is 2.70 bits per heavy atom. The third kappa shape index (κ3) is 4.38. The molecule has 1 amide bonds. The molecule has 4 rings (SSSR count). The first kappa shape index (κ1) is 22.3. The number of benzene rings is 1. The molecule has 1 aliphatic rings. The van der Waals surface area contributed by atoms with Crippen molar-refractivity contribution in [3.63, 3.8) is 0 Å². The van der Waals surface area contributed by atoms with Crippen molar-refractivity contribution in [2.75, 3.05) is 18.8 Å². The maximum Gasteiger partial charge on any atom is 0.471 e. The quantitative estimate of drug-likeness (QED) is 0.597. The molecule has 3 aromatic rings. The number of nitrogens with zero attached hydrogens (tertiary/aromatic N) is 6. The van der Waals surface area contributed by atoms with Gasteiger partial charge in [-0.1, -0.05) is 12.1 Å². The molecule has 0 bridgehead atoms. The van der Waals surface area contributed by atoms with E-state index in [-0.39, 0.29) is 48.8 Å². The second-order valence-electron chi connectivity index (χ2n) is 7.20. The molecule has 0 fully saturated rings. The van der Waals surface area contributed by atoms with E-state index in [4.69, 9.17) is 5.73 Å². The molecule has 13 heteroatoms. The number of nitrogen functional groups attached to an aromatic ring is 1. The van der Waals surface area contributed by atoms with Crippen molar-refractivity contribution >= 4 is 17.3 Å². The Morgan fingerprint density at radius 2 is 1.94 bits per heavy atom. The lowest BCUT2D eigenvalue weighted by Crippen LogP contribution is -2.41. The topological polar surface area (TPSA) is 103 Å². The monoisotopic (exact) mass is 465 g/mol. The van der Waals surface area contributed by atoms with E-state index in [1.807, 2.05) is 0 Å². The molecule has 0 radical (unpaired) electrons. The third-order valence-electron chi connectivity index (χ3n) is 5.13. The molecule has 172 valence electrons. The number of amides is 1. The van der Waals surface area contributed by atoms with Gasteiger partial charge in [-0.05, 0) is 52.6 Å². The van der Waals surface area contributed by atoms with Crippen molar-refractivity contribution in [2.45, 2.75) is 19.0 Å². The molecule has 0 unspecified atom stereocenters. The molecular weight excluding hydrogens is 449 g/mol. The van der Waals surface area contributed by atoms with Gasteiger partial charge in [0.15, 0.2) is 17.5 Å². The van der Waals surface area contributed by atoms with Crippen LogP contribution in [0.1, 0.15) is 18.4 Å². The number of alkyl halides is 3. The van der Waals surface area contributed by atoms with Gasteiger partial charge in [-0.25, -0.2) is 13.8 Å². The van der Waals surface area contributed by atoms with E-state index in [0.717, 1.165) is 15.6 Å². The van der Waals surface area contributed by atoms with E-state index in [1.165, 1.54) is 18.3 Å². The largest absolute Gasteiger partial charge is 0.471 e. The molecule has 0 spiro atoms. The van der Waals surface area contributed by atoms with Crippen LogP contribution in [-0.2, 0) is 4.79 Å². The van der Waals surface area contributed by atoms with Crippen LogP contribution in [0.15, 0.2) is 36.5 Å².